The summed E-state index contributed by atoms with van der Waals surface area (Å²) in [6.45, 7) is 5.99. The third-order valence-electron chi connectivity index (χ3n) is 5.26. The molecule has 4 nitrogen and oxygen atoms in total. The highest BCUT2D eigenvalue weighted by atomic mass is 79.9. The number of hydrogen-bond donors (Lipinski definition) is 1. The summed E-state index contributed by atoms with van der Waals surface area (Å²) in [6.07, 6.45) is 3.59. The molecule has 3 aromatic rings. The van der Waals surface area contributed by atoms with Gasteiger partial charge in [-0.3, -0.25) is 4.79 Å². The number of carbonyl (C=O) groups excluding carboxylic acids is 1. The van der Waals surface area contributed by atoms with Crippen molar-refractivity contribution < 1.29 is 4.79 Å². The average molecular weight is 437 g/mol. The first kappa shape index (κ1) is 18.9. The standard InChI is InChI=1S/C23H23BrN3O/c1-15-6-9-18(10-7-15)25-23(28)21-16(2)22(27-12-4-3-5-13-27)26-20-11-8-17(24)14-19(20)21/h6-9,11,14H,3-5,12-13H2,1-2H3,(H,25,28). The molecule has 2 heterocycles. The van der Waals surface area contributed by atoms with Crippen molar-refractivity contribution in [2.75, 3.05) is 23.3 Å². The van der Waals surface area contributed by atoms with Crippen LogP contribution in [0.1, 0.15) is 40.7 Å². The molecule has 0 atom stereocenters. The molecule has 0 spiro atoms. The van der Waals surface area contributed by atoms with Crippen molar-refractivity contribution in [2.45, 2.75) is 33.1 Å². The maximum atomic E-state index is 13.3. The van der Waals surface area contributed by atoms with Crippen molar-refractivity contribution in [1.82, 2.24) is 4.98 Å². The summed E-state index contributed by atoms with van der Waals surface area (Å²) in [5.74, 6) is 0.800. The number of nitrogens with zero attached hydrogens (tertiary/aromatic N) is 2. The van der Waals surface area contributed by atoms with Gasteiger partial charge in [0.05, 0.1) is 11.1 Å². The van der Waals surface area contributed by atoms with Crippen LogP contribution in [0.2, 0.25) is 0 Å². The Hall–Kier alpha value is -2.40. The van der Waals surface area contributed by atoms with Crippen LogP contribution in [0.4, 0.5) is 11.5 Å². The summed E-state index contributed by atoms with van der Waals surface area (Å²) in [5, 5.41) is 3.87. The Labute approximate surface area is 174 Å². The normalized spacial score (nSPS) is 14.3. The molecule has 1 amide bonds. The fourth-order valence-corrected chi connectivity index (χ4v) is 4.15. The molecular weight excluding hydrogens is 414 g/mol. The van der Waals surface area contributed by atoms with Gasteiger partial charge in [0, 0.05) is 40.3 Å². The van der Waals surface area contributed by atoms with Gasteiger partial charge in [0.2, 0.25) is 0 Å². The zero-order chi connectivity index (χ0) is 19.7. The average Bonchev–Trinajstić information content (AvgIpc) is 2.70. The van der Waals surface area contributed by atoms with Gasteiger partial charge in [-0.05, 0) is 63.4 Å². The Morgan fingerprint density at radius 1 is 1.14 bits per heavy atom. The number of anilines is 2. The molecule has 0 saturated carbocycles. The van der Waals surface area contributed by atoms with Gasteiger partial charge in [-0.1, -0.05) is 27.6 Å². The lowest BCUT2D eigenvalue weighted by molar-refractivity contribution is 0.102. The number of hydrogen-bond acceptors (Lipinski definition) is 3. The number of rotatable bonds is 3. The Morgan fingerprint density at radius 2 is 1.93 bits per heavy atom. The van der Waals surface area contributed by atoms with Gasteiger partial charge in [0.15, 0.2) is 0 Å². The molecule has 1 saturated heterocycles. The Bertz CT molecular complexity index is 1020. The molecule has 2 aromatic carbocycles. The van der Waals surface area contributed by atoms with E-state index in [9.17, 15) is 4.79 Å². The molecule has 1 aliphatic heterocycles. The number of pyridine rings is 1. The van der Waals surface area contributed by atoms with Crippen LogP contribution in [0.5, 0.6) is 0 Å². The number of halogens is 1. The van der Waals surface area contributed by atoms with E-state index in [1.54, 1.807) is 0 Å². The molecule has 143 valence electrons. The second kappa shape index (κ2) is 7.92. The fourth-order valence-electron chi connectivity index (χ4n) is 3.79. The Morgan fingerprint density at radius 3 is 2.64 bits per heavy atom. The number of aryl methyl sites for hydroxylation is 1. The molecule has 1 aliphatic rings. The van der Waals surface area contributed by atoms with Crippen molar-refractivity contribution >= 4 is 44.2 Å². The van der Waals surface area contributed by atoms with E-state index in [0.29, 0.717) is 11.3 Å². The molecule has 4 rings (SSSR count). The number of aromatic nitrogens is 1. The second-order valence-corrected chi connectivity index (χ2v) is 8.29. The monoisotopic (exact) mass is 436 g/mol. The van der Waals surface area contributed by atoms with Crippen LogP contribution in [0.15, 0.2) is 40.9 Å². The number of benzene rings is 2. The summed E-state index contributed by atoms with van der Waals surface area (Å²) in [7, 11) is 0. The molecule has 1 aromatic heterocycles. The lowest BCUT2D eigenvalue weighted by Crippen LogP contribution is -2.31. The molecule has 1 N–H and O–H groups in total. The summed E-state index contributed by atoms with van der Waals surface area (Å²) >= 11 is 3.53. The van der Waals surface area contributed by atoms with Gasteiger partial charge in [-0.2, -0.15) is 0 Å². The van der Waals surface area contributed by atoms with E-state index in [1.807, 2.05) is 50.2 Å². The van der Waals surface area contributed by atoms with E-state index >= 15 is 0 Å². The van der Waals surface area contributed by atoms with E-state index in [2.05, 4.69) is 32.2 Å². The Balaban J connectivity index is 1.81. The highest BCUT2D eigenvalue weighted by Gasteiger charge is 2.22. The molecular formula is C23H23BrN3O. The van der Waals surface area contributed by atoms with E-state index in [4.69, 9.17) is 4.98 Å². The minimum Gasteiger partial charge on any atom is -0.356 e. The lowest BCUT2D eigenvalue weighted by atomic mass is 10.0. The van der Waals surface area contributed by atoms with Crippen LogP contribution in [-0.4, -0.2) is 24.0 Å². The van der Waals surface area contributed by atoms with Gasteiger partial charge in [0.25, 0.3) is 5.91 Å². The number of fused-ring (bicyclic) bond motifs is 1. The van der Waals surface area contributed by atoms with E-state index in [1.165, 1.54) is 19.3 Å². The zero-order valence-electron chi connectivity index (χ0n) is 16.2. The first-order chi connectivity index (χ1) is 13.5. The molecule has 0 bridgehead atoms. The number of amides is 1. The summed E-state index contributed by atoms with van der Waals surface area (Å²) in [4.78, 5) is 20.5. The van der Waals surface area contributed by atoms with E-state index in [-0.39, 0.29) is 5.91 Å². The summed E-state index contributed by atoms with van der Waals surface area (Å²) < 4.78 is 0.933. The molecule has 0 aliphatic carbocycles. The minimum atomic E-state index is -0.124. The molecule has 5 heteroatoms. The summed E-state index contributed by atoms with van der Waals surface area (Å²) in [6, 6.07) is 14.8. The zero-order valence-corrected chi connectivity index (χ0v) is 17.8. The van der Waals surface area contributed by atoms with Crippen molar-refractivity contribution in [3.8, 4) is 0 Å². The minimum absolute atomic E-state index is 0.124. The number of nitrogens with one attached hydrogen (secondary N) is 1. The van der Waals surface area contributed by atoms with Gasteiger partial charge in [-0.15, -0.1) is 0 Å². The van der Waals surface area contributed by atoms with Crippen molar-refractivity contribution in [1.29, 1.82) is 0 Å². The fraction of sp³-hybridized carbons (Fsp3) is 0.304. The molecule has 1 fully saturated rings. The predicted octanol–water partition coefficient (Wildman–Crippen LogP) is 5.66. The van der Waals surface area contributed by atoms with Crippen LogP contribution in [-0.2, 0) is 0 Å². The maximum absolute atomic E-state index is 13.3. The maximum Gasteiger partial charge on any atom is 0.256 e. The van der Waals surface area contributed by atoms with Crippen molar-refractivity contribution in [2.24, 2.45) is 0 Å². The van der Waals surface area contributed by atoms with Crippen LogP contribution in [0, 0.1) is 19.9 Å². The topological polar surface area (TPSA) is 45.2 Å². The summed E-state index contributed by atoms with van der Waals surface area (Å²) in [5.41, 5.74) is 4.24. The van der Waals surface area contributed by atoms with Gasteiger partial charge in [-0.25, -0.2) is 4.98 Å². The number of piperidine rings is 1. The van der Waals surface area contributed by atoms with E-state index < -0.39 is 0 Å². The van der Waals surface area contributed by atoms with E-state index in [0.717, 1.165) is 45.4 Å². The van der Waals surface area contributed by atoms with Crippen LogP contribution >= 0.6 is 15.9 Å². The van der Waals surface area contributed by atoms with Crippen molar-refractivity contribution in [3.63, 3.8) is 0 Å². The SMILES string of the molecule is Cc1c[c]c(NC(=O)c2c(C)c(N3CCCCC3)nc3ccc(Br)cc23)cc1. The molecule has 1 radical (unpaired) electrons. The highest BCUT2D eigenvalue weighted by Crippen LogP contribution is 2.32. The first-order valence-electron chi connectivity index (χ1n) is 9.67. The van der Waals surface area contributed by atoms with Crippen molar-refractivity contribution in [3.05, 3.63) is 63.6 Å². The van der Waals surface area contributed by atoms with Crippen LogP contribution in [0.25, 0.3) is 10.9 Å². The third-order valence-corrected chi connectivity index (χ3v) is 5.76. The smallest absolute Gasteiger partial charge is 0.256 e. The second-order valence-electron chi connectivity index (χ2n) is 7.38. The highest BCUT2D eigenvalue weighted by molar-refractivity contribution is 9.10. The Kier molecular flexibility index (Phi) is 5.36. The van der Waals surface area contributed by atoms with Crippen LogP contribution < -0.4 is 10.2 Å². The lowest BCUT2D eigenvalue weighted by Gasteiger charge is -2.30. The molecule has 28 heavy (non-hydrogen) atoms. The first-order valence-corrected chi connectivity index (χ1v) is 10.5. The van der Waals surface area contributed by atoms with Crippen LogP contribution in [0.3, 0.4) is 0 Å². The quantitative estimate of drug-likeness (QED) is 0.576. The van der Waals surface area contributed by atoms with Gasteiger partial charge in [0.1, 0.15) is 5.82 Å². The van der Waals surface area contributed by atoms with Gasteiger partial charge >= 0.3 is 0 Å². The largest absolute Gasteiger partial charge is 0.356 e. The van der Waals surface area contributed by atoms with Gasteiger partial charge < -0.3 is 10.2 Å². The number of carbonyl (C=O) groups is 1. The predicted molar refractivity (Wildman–Crippen MR) is 118 cm³/mol. The third kappa shape index (κ3) is 3.76. The molecule has 0 unspecified atom stereocenters.